The predicted octanol–water partition coefficient (Wildman–Crippen LogP) is 2.36. The molecule has 0 saturated carbocycles. The van der Waals surface area contributed by atoms with Gasteiger partial charge in [-0.1, -0.05) is 19.1 Å². The topological polar surface area (TPSA) is 24.7 Å². The largest absolute Gasteiger partial charge is 0.263 e. The Morgan fingerprint density at radius 2 is 1.92 bits per heavy atom. The Labute approximate surface area is 72.7 Å². The van der Waals surface area contributed by atoms with Crippen molar-refractivity contribution in [1.82, 2.24) is 0 Å². The first kappa shape index (κ1) is 8.65. The second-order valence-corrected chi connectivity index (χ2v) is 2.66. The van der Waals surface area contributed by atoms with Crippen LogP contribution in [0.1, 0.15) is 6.92 Å². The molecule has 0 heterocycles. The molecule has 0 N–H and O–H groups in total. The summed E-state index contributed by atoms with van der Waals surface area (Å²) in [5.41, 5.74) is 1.59. The summed E-state index contributed by atoms with van der Waals surface area (Å²) in [5, 5.41) is 0. The van der Waals surface area contributed by atoms with E-state index in [4.69, 9.17) is 0 Å². The number of hydrogen-bond acceptors (Lipinski definition) is 2. The first-order valence-electron chi connectivity index (χ1n) is 3.82. The van der Waals surface area contributed by atoms with E-state index in [0.717, 1.165) is 11.4 Å². The Bertz CT molecular complexity index is 282. The second kappa shape index (κ2) is 3.81. The number of hydrogen-bond donors (Lipinski definition) is 0. The number of nitrogens with zero attached hydrogens (tertiary/aromatic N) is 2. The van der Waals surface area contributed by atoms with Crippen LogP contribution in [0.3, 0.4) is 0 Å². The van der Waals surface area contributed by atoms with Gasteiger partial charge in [0.2, 0.25) is 0 Å². The second-order valence-electron chi connectivity index (χ2n) is 2.66. The van der Waals surface area contributed by atoms with Gasteiger partial charge in [0.15, 0.2) is 0 Å². The van der Waals surface area contributed by atoms with E-state index in [-0.39, 0.29) is 0 Å². The summed E-state index contributed by atoms with van der Waals surface area (Å²) in [7, 11) is 0. The van der Waals surface area contributed by atoms with Crippen molar-refractivity contribution >= 4 is 13.4 Å². The third kappa shape index (κ3) is 1.78. The number of rotatable bonds is 2. The molecule has 2 nitrogen and oxygen atoms in total. The van der Waals surface area contributed by atoms with E-state index in [2.05, 4.69) is 36.4 Å². The first-order chi connectivity index (χ1) is 5.77. The van der Waals surface area contributed by atoms with Crippen LogP contribution < -0.4 is 0 Å². The lowest BCUT2D eigenvalue weighted by atomic mass is 10.1. The molecule has 1 rings (SSSR count). The van der Waals surface area contributed by atoms with Crippen molar-refractivity contribution in [3.8, 4) is 0 Å². The molecule has 1 atom stereocenters. The van der Waals surface area contributed by atoms with Crippen LogP contribution in [-0.4, -0.2) is 13.4 Å². The van der Waals surface area contributed by atoms with Crippen LogP contribution in [-0.2, 0) is 0 Å². The van der Waals surface area contributed by atoms with E-state index in [1.54, 1.807) is 0 Å². The number of aliphatic imine (C=N–C) groups is 2. The highest BCUT2D eigenvalue weighted by Gasteiger charge is 2.04. The molecule has 0 aromatic carbocycles. The highest BCUT2D eigenvalue weighted by Crippen LogP contribution is 2.18. The van der Waals surface area contributed by atoms with Crippen molar-refractivity contribution in [1.29, 1.82) is 0 Å². The van der Waals surface area contributed by atoms with Crippen molar-refractivity contribution in [3.05, 3.63) is 35.7 Å². The standard InChI is InChI=1S/C10H12N2/c1-8-5-4-6-9(11-2)10(7-8)12-3/h4-8H,2-3H2,1H3. The summed E-state index contributed by atoms with van der Waals surface area (Å²) in [6.45, 7) is 9.04. The molecule has 2 heteroatoms. The van der Waals surface area contributed by atoms with Crippen molar-refractivity contribution in [3.63, 3.8) is 0 Å². The molecule has 62 valence electrons. The van der Waals surface area contributed by atoms with Crippen LogP contribution in [0.4, 0.5) is 0 Å². The van der Waals surface area contributed by atoms with E-state index in [1.165, 1.54) is 0 Å². The van der Waals surface area contributed by atoms with Gasteiger partial charge in [-0.15, -0.1) is 0 Å². The summed E-state index contributed by atoms with van der Waals surface area (Å²) in [5.74, 6) is 0.376. The van der Waals surface area contributed by atoms with Gasteiger partial charge in [0, 0.05) is 0 Å². The van der Waals surface area contributed by atoms with Gasteiger partial charge in [-0.05, 0) is 31.5 Å². The summed E-state index contributed by atoms with van der Waals surface area (Å²) in [4.78, 5) is 7.73. The van der Waals surface area contributed by atoms with Crippen LogP contribution in [0.2, 0.25) is 0 Å². The molecule has 1 aliphatic carbocycles. The Morgan fingerprint density at radius 1 is 1.25 bits per heavy atom. The predicted molar refractivity (Wildman–Crippen MR) is 53.6 cm³/mol. The minimum absolute atomic E-state index is 0.376. The van der Waals surface area contributed by atoms with Gasteiger partial charge in [-0.3, -0.25) is 9.98 Å². The maximum absolute atomic E-state index is 3.88. The average Bonchev–Trinajstić information content (AvgIpc) is 2.26. The quantitative estimate of drug-likeness (QED) is 0.554. The van der Waals surface area contributed by atoms with E-state index in [9.17, 15) is 0 Å². The number of allylic oxidation sites excluding steroid dienone is 4. The molecule has 0 spiro atoms. The molecule has 12 heavy (non-hydrogen) atoms. The third-order valence-corrected chi connectivity index (χ3v) is 1.69. The summed E-state index contributed by atoms with van der Waals surface area (Å²) in [6.07, 6.45) is 7.93. The van der Waals surface area contributed by atoms with E-state index in [0.29, 0.717) is 5.92 Å². The SMILES string of the molecule is C=NC1=CC=CC(C)C=C1N=C. The van der Waals surface area contributed by atoms with E-state index < -0.39 is 0 Å². The molecular weight excluding hydrogens is 148 g/mol. The Kier molecular flexibility index (Phi) is 2.75. The minimum atomic E-state index is 0.376. The van der Waals surface area contributed by atoms with Crippen LogP contribution >= 0.6 is 0 Å². The molecule has 0 bridgehead atoms. The minimum Gasteiger partial charge on any atom is -0.263 e. The molecular formula is C10H12N2. The van der Waals surface area contributed by atoms with Crippen LogP contribution in [0.25, 0.3) is 0 Å². The zero-order valence-corrected chi connectivity index (χ0v) is 7.20. The summed E-state index contributed by atoms with van der Waals surface area (Å²) >= 11 is 0. The lowest BCUT2D eigenvalue weighted by Gasteiger charge is -2.00. The first-order valence-corrected chi connectivity index (χ1v) is 3.82. The molecule has 0 radical (unpaired) electrons. The van der Waals surface area contributed by atoms with E-state index in [1.807, 2.05) is 18.2 Å². The Balaban J connectivity index is 3.06. The van der Waals surface area contributed by atoms with Gasteiger partial charge in [0.1, 0.15) is 0 Å². The van der Waals surface area contributed by atoms with Gasteiger partial charge < -0.3 is 0 Å². The van der Waals surface area contributed by atoms with Crippen LogP contribution in [0.15, 0.2) is 45.7 Å². The Morgan fingerprint density at radius 3 is 2.50 bits per heavy atom. The maximum atomic E-state index is 3.88. The fourth-order valence-corrected chi connectivity index (χ4v) is 1.06. The smallest absolute Gasteiger partial charge is 0.0875 e. The fourth-order valence-electron chi connectivity index (χ4n) is 1.06. The lowest BCUT2D eigenvalue weighted by Crippen LogP contribution is -1.86. The Hall–Kier alpha value is -1.44. The van der Waals surface area contributed by atoms with E-state index >= 15 is 0 Å². The van der Waals surface area contributed by atoms with Crippen molar-refractivity contribution in [2.45, 2.75) is 6.92 Å². The van der Waals surface area contributed by atoms with Crippen LogP contribution in [0, 0.1) is 5.92 Å². The monoisotopic (exact) mass is 160 g/mol. The van der Waals surface area contributed by atoms with Gasteiger partial charge >= 0.3 is 0 Å². The summed E-state index contributed by atoms with van der Waals surface area (Å²) < 4.78 is 0. The zero-order valence-electron chi connectivity index (χ0n) is 7.20. The summed E-state index contributed by atoms with van der Waals surface area (Å²) in [6, 6.07) is 0. The van der Waals surface area contributed by atoms with Crippen molar-refractivity contribution in [2.75, 3.05) is 0 Å². The maximum Gasteiger partial charge on any atom is 0.0875 e. The van der Waals surface area contributed by atoms with Crippen molar-refractivity contribution < 1.29 is 0 Å². The molecule has 0 amide bonds. The highest BCUT2D eigenvalue weighted by molar-refractivity contribution is 5.45. The van der Waals surface area contributed by atoms with Gasteiger partial charge in [0.05, 0.1) is 11.4 Å². The normalized spacial score (nSPS) is 22.2. The molecule has 0 fully saturated rings. The van der Waals surface area contributed by atoms with Gasteiger partial charge in [-0.25, -0.2) is 0 Å². The zero-order chi connectivity index (χ0) is 8.97. The fraction of sp³-hybridized carbons (Fsp3) is 0.200. The van der Waals surface area contributed by atoms with Crippen molar-refractivity contribution in [2.24, 2.45) is 15.9 Å². The van der Waals surface area contributed by atoms with Gasteiger partial charge in [0.25, 0.3) is 0 Å². The molecule has 0 saturated heterocycles. The highest BCUT2D eigenvalue weighted by atomic mass is 14.8. The molecule has 0 aromatic heterocycles. The molecule has 1 aliphatic rings. The third-order valence-electron chi connectivity index (χ3n) is 1.69. The van der Waals surface area contributed by atoms with Gasteiger partial charge in [-0.2, -0.15) is 0 Å². The molecule has 0 aromatic rings. The average molecular weight is 160 g/mol. The lowest BCUT2D eigenvalue weighted by molar-refractivity contribution is 0.928. The molecule has 0 aliphatic heterocycles. The molecule has 1 unspecified atom stereocenters. The van der Waals surface area contributed by atoms with Crippen LogP contribution in [0.5, 0.6) is 0 Å².